The van der Waals surface area contributed by atoms with Gasteiger partial charge in [0.25, 0.3) is 0 Å². The largest absolute Gasteiger partial charge is 0.491 e. The predicted octanol–water partition coefficient (Wildman–Crippen LogP) is 3.58. The van der Waals surface area contributed by atoms with E-state index in [1.807, 2.05) is 13.8 Å². The molecular formula is C26H37FN4O5. The molecule has 0 spiro atoms. The summed E-state index contributed by atoms with van der Waals surface area (Å²) in [5.74, 6) is 0.861. The first-order valence-electron chi connectivity index (χ1n) is 12.9. The van der Waals surface area contributed by atoms with Gasteiger partial charge in [-0.25, -0.2) is 4.39 Å². The van der Waals surface area contributed by atoms with Gasteiger partial charge in [-0.1, -0.05) is 25.1 Å². The number of amides is 1. The molecule has 36 heavy (non-hydrogen) atoms. The van der Waals surface area contributed by atoms with Crippen molar-refractivity contribution in [1.29, 1.82) is 0 Å². The highest BCUT2D eigenvalue weighted by Crippen LogP contribution is 2.23. The molecule has 0 saturated carbocycles. The minimum absolute atomic E-state index is 0.0319. The molecule has 0 atom stereocenters. The molecule has 4 rings (SSSR count). The van der Waals surface area contributed by atoms with Gasteiger partial charge in [0.2, 0.25) is 5.91 Å². The number of carbonyl (C=O) groups excluding carboxylic acids is 1. The highest BCUT2D eigenvalue weighted by molar-refractivity contribution is 5.79. The fourth-order valence-corrected chi connectivity index (χ4v) is 4.50. The Hall–Kier alpha value is -2.72. The molecule has 0 aliphatic carbocycles. The van der Waals surface area contributed by atoms with Crippen LogP contribution in [-0.2, 0) is 20.7 Å². The molecule has 0 unspecified atom stereocenters. The number of benzene rings is 1. The number of ether oxygens (including phenoxy) is 3. The van der Waals surface area contributed by atoms with E-state index < -0.39 is 5.82 Å². The first-order chi connectivity index (χ1) is 17.4. The van der Waals surface area contributed by atoms with Gasteiger partial charge in [-0.15, -0.1) is 0 Å². The van der Waals surface area contributed by atoms with Crippen molar-refractivity contribution < 1.29 is 27.9 Å². The fourth-order valence-electron chi connectivity index (χ4n) is 4.50. The molecule has 2 saturated heterocycles. The lowest BCUT2D eigenvalue weighted by Gasteiger charge is -2.31. The summed E-state index contributed by atoms with van der Waals surface area (Å²) in [6.07, 6.45) is 3.52. The maximum atomic E-state index is 14.6. The van der Waals surface area contributed by atoms with Crippen LogP contribution in [0.4, 0.5) is 10.4 Å². The summed E-state index contributed by atoms with van der Waals surface area (Å²) in [6.45, 7) is 7.71. The smallest absolute Gasteiger partial charge is 0.324 e. The van der Waals surface area contributed by atoms with Gasteiger partial charge in [0.15, 0.2) is 5.82 Å². The van der Waals surface area contributed by atoms with E-state index in [4.69, 9.17) is 18.7 Å². The van der Waals surface area contributed by atoms with Gasteiger partial charge in [0.05, 0.1) is 19.1 Å². The number of aromatic nitrogens is 2. The molecule has 9 nitrogen and oxygen atoms in total. The third kappa shape index (κ3) is 6.94. The molecular weight excluding hydrogens is 467 g/mol. The Balaban J connectivity index is 1.15. The van der Waals surface area contributed by atoms with Gasteiger partial charge in [0.1, 0.15) is 18.2 Å². The Morgan fingerprint density at radius 3 is 2.61 bits per heavy atom. The van der Waals surface area contributed by atoms with E-state index in [-0.39, 0.29) is 30.4 Å². The van der Waals surface area contributed by atoms with Crippen LogP contribution in [0.15, 0.2) is 22.7 Å². The zero-order chi connectivity index (χ0) is 25.5. The molecule has 1 amide bonds. The number of carbonyl (C=O) groups is 1. The first-order valence-corrected chi connectivity index (χ1v) is 12.9. The summed E-state index contributed by atoms with van der Waals surface area (Å²) in [6, 6.07) is 5.39. The van der Waals surface area contributed by atoms with Crippen molar-refractivity contribution in [2.45, 2.75) is 64.0 Å². The SMILES string of the molecule is CC(C)c1noc(N2CCC(OCCOc3ccc(CC(=O)N(C)C4CCOCC4)c(F)c3)CC2)n1. The summed E-state index contributed by atoms with van der Waals surface area (Å²) >= 11 is 0. The molecule has 2 fully saturated rings. The minimum Gasteiger partial charge on any atom is -0.491 e. The first kappa shape index (κ1) is 26.3. The summed E-state index contributed by atoms with van der Waals surface area (Å²) < 4.78 is 37.0. The highest BCUT2D eigenvalue weighted by atomic mass is 19.1. The average molecular weight is 505 g/mol. The molecule has 0 bridgehead atoms. The summed E-state index contributed by atoms with van der Waals surface area (Å²) in [5, 5.41) is 4.03. The van der Waals surface area contributed by atoms with E-state index >= 15 is 0 Å². The van der Waals surface area contributed by atoms with Crippen LogP contribution in [0.5, 0.6) is 5.75 Å². The topological polar surface area (TPSA) is 90.2 Å². The lowest BCUT2D eigenvalue weighted by Crippen LogP contribution is -2.41. The molecule has 198 valence electrons. The Morgan fingerprint density at radius 2 is 1.94 bits per heavy atom. The van der Waals surface area contributed by atoms with Crippen LogP contribution in [0.25, 0.3) is 0 Å². The predicted molar refractivity (Wildman–Crippen MR) is 132 cm³/mol. The number of nitrogens with zero attached hydrogens (tertiary/aromatic N) is 4. The maximum Gasteiger partial charge on any atom is 0.324 e. The molecule has 2 aromatic rings. The van der Waals surface area contributed by atoms with Crippen molar-refractivity contribution in [1.82, 2.24) is 15.0 Å². The van der Waals surface area contributed by atoms with Gasteiger partial charge in [-0.3, -0.25) is 4.79 Å². The van der Waals surface area contributed by atoms with Crippen LogP contribution < -0.4 is 9.64 Å². The fraction of sp³-hybridized carbons (Fsp3) is 0.654. The Labute approximate surface area is 211 Å². The van der Waals surface area contributed by atoms with Crippen LogP contribution in [0.1, 0.15) is 56.8 Å². The van der Waals surface area contributed by atoms with E-state index in [1.165, 1.54) is 6.07 Å². The number of piperidine rings is 1. The quantitative estimate of drug-likeness (QED) is 0.454. The van der Waals surface area contributed by atoms with E-state index in [9.17, 15) is 9.18 Å². The number of anilines is 1. The second kappa shape index (κ2) is 12.5. The highest BCUT2D eigenvalue weighted by Gasteiger charge is 2.25. The van der Waals surface area contributed by atoms with Crippen molar-refractivity contribution in [3.8, 4) is 5.75 Å². The zero-order valence-electron chi connectivity index (χ0n) is 21.5. The lowest BCUT2D eigenvalue weighted by atomic mass is 10.1. The van der Waals surface area contributed by atoms with Crippen LogP contribution >= 0.6 is 0 Å². The van der Waals surface area contributed by atoms with Crippen molar-refractivity contribution in [3.63, 3.8) is 0 Å². The molecule has 1 aromatic carbocycles. The van der Waals surface area contributed by atoms with Crippen LogP contribution in [-0.4, -0.2) is 79.7 Å². The number of hydrogen-bond donors (Lipinski definition) is 0. The number of likely N-dealkylation sites (N-methyl/N-ethyl adjacent to an activating group) is 1. The summed E-state index contributed by atoms with van der Waals surface area (Å²) in [4.78, 5) is 20.9. The second-order valence-electron chi connectivity index (χ2n) is 9.77. The van der Waals surface area contributed by atoms with Gasteiger partial charge < -0.3 is 28.5 Å². The van der Waals surface area contributed by atoms with Crippen LogP contribution in [0, 0.1) is 5.82 Å². The number of hydrogen-bond acceptors (Lipinski definition) is 8. The van der Waals surface area contributed by atoms with Gasteiger partial charge in [0, 0.05) is 51.4 Å². The van der Waals surface area contributed by atoms with E-state index in [0.29, 0.717) is 43.8 Å². The third-order valence-corrected chi connectivity index (χ3v) is 6.86. The molecule has 1 aromatic heterocycles. The minimum atomic E-state index is -0.434. The van der Waals surface area contributed by atoms with Gasteiger partial charge in [-0.2, -0.15) is 4.98 Å². The number of rotatable bonds is 10. The molecule has 0 N–H and O–H groups in total. The standard InChI is InChI=1S/C26H37FN4O5/c1-18(2)25-28-26(36-29-25)31-10-6-21(7-11-31)34-14-15-35-22-5-4-19(23(27)17-22)16-24(32)30(3)20-8-12-33-13-9-20/h4-5,17-18,20-21H,6-16H2,1-3H3. The molecule has 0 radical (unpaired) electrons. The Bertz CT molecular complexity index is 986. The third-order valence-electron chi connectivity index (χ3n) is 6.86. The van der Waals surface area contributed by atoms with Crippen molar-refractivity contribution in [3.05, 3.63) is 35.4 Å². The number of halogens is 1. The van der Waals surface area contributed by atoms with Crippen molar-refractivity contribution in [2.75, 3.05) is 51.5 Å². The van der Waals surface area contributed by atoms with Crippen molar-refractivity contribution >= 4 is 11.9 Å². The molecule has 2 aliphatic rings. The molecule has 2 aliphatic heterocycles. The van der Waals surface area contributed by atoms with E-state index in [0.717, 1.165) is 44.6 Å². The summed E-state index contributed by atoms with van der Waals surface area (Å²) in [5.41, 5.74) is 0.371. The second-order valence-corrected chi connectivity index (χ2v) is 9.77. The average Bonchev–Trinajstić information content (AvgIpc) is 3.39. The van der Waals surface area contributed by atoms with E-state index in [1.54, 1.807) is 24.1 Å². The Kier molecular flexibility index (Phi) is 9.14. The zero-order valence-corrected chi connectivity index (χ0v) is 21.5. The van der Waals surface area contributed by atoms with Gasteiger partial charge in [-0.05, 0) is 37.3 Å². The monoisotopic (exact) mass is 504 g/mol. The lowest BCUT2D eigenvalue weighted by molar-refractivity contribution is -0.132. The van der Waals surface area contributed by atoms with Crippen LogP contribution in [0.2, 0.25) is 0 Å². The molecule has 3 heterocycles. The van der Waals surface area contributed by atoms with Crippen LogP contribution in [0.3, 0.4) is 0 Å². The Morgan fingerprint density at radius 1 is 1.19 bits per heavy atom. The maximum absolute atomic E-state index is 14.6. The normalized spacial score (nSPS) is 17.5. The van der Waals surface area contributed by atoms with E-state index in [2.05, 4.69) is 15.0 Å². The summed E-state index contributed by atoms with van der Waals surface area (Å²) in [7, 11) is 1.78. The van der Waals surface area contributed by atoms with Gasteiger partial charge >= 0.3 is 6.01 Å². The van der Waals surface area contributed by atoms with Crippen molar-refractivity contribution in [2.24, 2.45) is 0 Å². The molecule has 10 heteroatoms.